The molecule has 168 valence electrons. The van der Waals surface area contributed by atoms with Gasteiger partial charge in [-0.1, -0.05) is 0 Å². The van der Waals surface area contributed by atoms with Gasteiger partial charge in [-0.05, 0) is 61.4 Å². The van der Waals surface area contributed by atoms with E-state index in [0.29, 0.717) is 22.6 Å². The van der Waals surface area contributed by atoms with Crippen LogP contribution in [0, 0.1) is 19.7 Å². The number of fused-ring (bicyclic) bond motifs is 1. The molecule has 0 aliphatic rings. The molecule has 0 aliphatic heterocycles. The van der Waals surface area contributed by atoms with Crippen molar-refractivity contribution in [3.05, 3.63) is 77.5 Å². The highest BCUT2D eigenvalue weighted by Crippen LogP contribution is 2.27. The van der Waals surface area contributed by atoms with Crippen molar-refractivity contribution in [1.82, 2.24) is 14.4 Å². The summed E-state index contributed by atoms with van der Waals surface area (Å²) in [5.74, 6) is -0.245. The number of anilines is 2. The molecule has 3 aromatic heterocycles. The van der Waals surface area contributed by atoms with Crippen LogP contribution in [-0.4, -0.2) is 40.5 Å². The van der Waals surface area contributed by atoms with Crippen molar-refractivity contribution >= 4 is 29.2 Å². The maximum absolute atomic E-state index is 13.6. The number of carbonyl (C=O) groups is 2. The first-order valence-electron chi connectivity index (χ1n) is 10.1. The summed E-state index contributed by atoms with van der Waals surface area (Å²) in [6.07, 6.45) is 4.56. The highest BCUT2D eigenvalue weighted by atomic mass is 19.1. The van der Waals surface area contributed by atoms with E-state index in [1.807, 2.05) is 23.6 Å². The second kappa shape index (κ2) is 8.70. The fourth-order valence-corrected chi connectivity index (χ4v) is 3.50. The number of aryl methyl sites for hydroxylation is 2. The molecule has 0 saturated heterocycles. The lowest BCUT2D eigenvalue weighted by molar-refractivity contribution is 0.0992. The van der Waals surface area contributed by atoms with Crippen molar-refractivity contribution in [3.63, 3.8) is 0 Å². The summed E-state index contributed by atoms with van der Waals surface area (Å²) in [6, 6.07) is 9.66. The second-order valence-electron chi connectivity index (χ2n) is 7.60. The zero-order chi connectivity index (χ0) is 23.7. The standard InChI is InChI=1S/C24H22FN5O3/c1-14-9-16(5-7-19(14)25)23(31)29(3)18-10-15(2)22-27-12-20(30(22)13-18)17-6-8-21(26-11-17)28-24(32)33-4/h5-13H,1-4H3,(H,26,28,32). The van der Waals surface area contributed by atoms with E-state index in [1.165, 1.54) is 30.2 Å². The number of rotatable bonds is 4. The number of nitrogens with one attached hydrogen (secondary N) is 1. The Morgan fingerprint density at radius 1 is 1.06 bits per heavy atom. The molecule has 0 aliphatic carbocycles. The Hall–Kier alpha value is -4.27. The second-order valence-corrected chi connectivity index (χ2v) is 7.60. The van der Waals surface area contributed by atoms with Crippen molar-refractivity contribution in [3.8, 4) is 11.3 Å². The van der Waals surface area contributed by atoms with Gasteiger partial charge in [-0.3, -0.25) is 14.5 Å². The van der Waals surface area contributed by atoms with Gasteiger partial charge in [0.1, 0.15) is 17.3 Å². The van der Waals surface area contributed by atoms with E-state index < -0.39 is 6.09 Å². The summed E-state index contributed by atoms with van der Waals surface area (Å²) in [5.41, 5.74) is 4.63. The minimum Gasteiger partial charge on any atom is -0.453 e. The van der Waals surface area contributed by atoms with Gasteiger partial charge in [0.2, 0.25) is 0 Å². The molecule has 0 atom stereocenters. The summed E-state index contributed by atoms with van der Waals surface area (Å²) in [6.45, 7) is 3.54. The predicted octanol–water partition coefficient (Wildman–Crippen LogP) is 4.61. The summed E-state index contributed by atoms with van der Waals surface area (Å²) in [4.78, 5) is 34.7. The number of hydrogen-bond donors (Lipinski definition) is 1. The number of benzene rings is 1. The molecule has 2 amide bonds. The third-order valence-electron chi connectivity index (χ3n) is 5.35. The molecular formula is C24H22FN5O3. The van der Waals surface area contributed by atoms with E-state index in [4.69, 9.17) is 0 Å². The van der Waals surface area contributed by atoms with Gasteiger partial charge in [0.25, 0.3) is 5.91 Å². The molecule has 0 saturated carbocycles. The molecule has 1 aromatic carbocycles. The Morgan fingerprint density at radius 3 is 2.52 bits per heavy atom. The normalized spacial score (nSPS) is 10.8. The lowest BCUT2D eigenvalue weighted by Gasteiger charge is -2.19. The zero-order valence-electron chi connectivity index (χ0n) is 18.6. The first-order valence-corrected chi connectivity index (χ1v) is 10.1. The summed E-state index contributed by atoms with van der Waals surface area (Å²) < 4.78 is 20.1. The lowest BCUT2D eigenvalue weighted by atomic mass is 10.1. The molecule has 0 spiro atoms. The highest BCUT2D eigenvalue weighted by Gasteiger charge is 2.18. The van der Waals surface area contributed by atoms with Crippen molar-refractivity contribution in [2.75, 3.05) is 24.4 Å². The number of hydrogen-bond acceptors (Lipinski definition) is 5. The topological polar surface area (TPSA) is 88.8 Å². The van der Waals surface area contributed by atoms with Crippen LogP contribution in [0.5, 0.6) is 0 Å². The minimum absolute atomic E-state index is 0.251. The lowest BCUT2D eigenvalue weighted by Crippen LogP contribution is -2.26. The van der Waals surface area contributed by atoms with Crippen molar-refractivity contribution < 1.29 is 18.7 Å². The van der Waals surface area contributed by atoms with E-state index in [9.17, 15) is 14.0 Å². The molecule has 3 heterocycles. The third-order valence-corrected chi connectivity index (χ3v) is 5.35. The van der Waals surface area contributed by atoms with Gasteiger partial charge in [-0.2, -0.15) is 0 Å². The molecule has 0 unspecified atom stereocenters. The monoisotopic (exact) mass is 447 g/mol. The molecule has 0 radical (unpaired) electrons. The average molecular weight is 447 g/mol. The molecule has 9 heteroatoms. The number of pyridine rings is 2. The molecule has 0 fully saturated rings. The van der Waals surface area contributed by atoms with Crippen LogP contribution in [0.4, 0.5) is 20.7 Å². The largest absolute Gasteiger partial charge is 0.453 e. The molecule has 4 aromatic rings. The predicted molar refractivity (Wildman–Crippen MR) is 123 cm³/mol. The van der Waals surface area contributed by atoms with E-state index in [0.717, 1.165) is 22.5 Å². The van der Waals surface area contributed by atoms with Crippen LogP contribution in [0.3, 0.4) is 0 Å². The van der Waals surface area contributed by atoms with Crippen molar-refractivity contribution in [1.29, 1.82) is 0 Å². The summed E-state index contributed by atoms with van der Waals surface area (Å²) in [5, 5.41) is 2.51. The molecule has 33 heavy (non-hydrogen) atoms. The van der Waals surface area contributed by atoms with Gasteiger partial charge >= 0.3 is 6.09 Å². The number of carbonyl (C=O) groups excluding carboxylic acids is 2. The smallest absolute Gasteiger partial charge is 0.412 e. The van der Waals surface area contributed by atoms with Crippen LogP contribution in [0.1, 0.15) is 21.5 Å². The number of imidazole rings is 1. The van der Waals surface area contributed by atoms with Gasteiger partial charge in [0.05, 0.1) is 24.7 Å². The quantitative estimate of drug-likeness (QED) is 0.494. The highest BCUT2D eigenvalue weighted by molar-refractivity contribution is 6.06. The van der Waals surface area contributed by atoms with Crippen molar-refractivity contribution in [2.24, 2.45) is 0 Å². The molecule has 0 bridgehead atoms. The maximum atomic E-state index is 13.6. The van der Waals surface area contributed by atoms with E-state index in [2.05, 4.69) is 20.0 Å². The molecular weight excluding hydrogens is 425 g/mol. The first-order chi connectivity index (χ1) is 15.8. The fourth-order valence-electron chi connectivity index (χ4n) is 3.50. The fraction of sp³-hybridized carbons (Fsp3) is 0.167. The minimum atomic E-state index is -0.602. The van der Waals surface area contributed by atoms with Crippen LogP contribution >= 0.6 is 0 Å². The van der Waals surface area contributed by atoms with Crippen LogP contribution in [-0.2, 0) is 4.74 Å². The van der Waals surface area contributed by atoms with Gasteiger partial charge < -0.3 is 9.64 Å². The number of ether oxygens (including phenoxy) is 1. The molecule has 1 N–H and O–H groups in total. The van der Waals surface area contributed by atoms with Gasteiger partial charge in [-0.25, -0.2) is 19.2 Å². The Bertz CT molecular complexity index is 1360. The van der Waals surface area contributed by atoms with E-state index in [-0.39, 0.29) is 11.7 Å². The Labute approximate surface area is 189 Å². The van der Waals surface area contributed by atoms with Gasteiger partial charge in [-0.15, -0.1) is 0 Å². The van der Waals surface area contributed by atoms with Gasteiger partial charge in [0, 0.05) is 30.6 Å². The number of amides is 2. The summed E-state index contributed by atoms with van der Waals surface area (Å²) in [7, 11) is 2.95. The van der Waals surface area contributed by atoms with E-state index >= 15 is 0 Å². The number of methoxy groups -OCH3 is 1. The van der Waals surface area contributed by atoms with Crippen LogP contribution in [0.25, 0.3) is 16.9 Å². The average Bonchev–Trinajstić information content (AvgIpc) is 3.25. The van der Waals surface area contributed by atoms with E-state index in [1.54, 1.807) is 38.5 Å². The Balaban J connectivity index is 1.69. The van der Waals surface area contributed by atoms with Crippen molar-refractivity contribution in [2.45, 2.75) is 13.8 Å². The Kier molecular flexibility index (Phi) is 5.78. The number of aromatic nitrogens is 3. The summed E-state index contributed by atoms with van der Waals surface area (Å²) >= 11 is 0. The SMILES string of the molecule is COC(=O)Nc1ccc(-c2cnc3c(C)cc(N(C)C(=O)c4ccc(F)c(C)c4)cn23)cn1. The molecule has 4 rings (SSSR count). The number of halogens is 1. The Morgan fingerprint density at radius 2 is 1.85 bits per heavy atom. The zero-order valence-corrected chi connectivity index (χ0v) is 18.6. The molecule has 8 nitrogen and oxygen atoms in total. The maximum Gasteiger partial charge on any atom is 0.412 e. The van der Waals surface area contributed by atoms with Crippen LogP contribution in [0.15, 0.2) is 55.0 Å². The third kappa shape index (κ3) is 4.25. The van der Waals surface area contributed by atoms with Crippen LogP contribution in [0.2, 0.25) is 0 Å². The van der Waals surface area contributed by atoms with Crippen LogP contribution < -0.4 is 10.2 Å². The van der Waals surface area contributed by atoms with Gasteiger partial charge in [0.15, 0.2) is 0 Å². The first kappa shape index (κ1) is 21.9. The number of nitrogens with zero attached hydrogens (tertiary/aromatic N) is 4.